The number of hydrogen-bond acceptors (Lipinski definition) is 1. The van der Waals surface area contributed by atoms with Crippen LogP contribution in [0.15, 0.2) is 24.3 Å². The highest BCUT2D eigenvalue weighted by Crippen LogP contribution is 2.32. The van der Waals surface area contributed by atoms with Gasteiger partial charge in [-0.25, -0.2) is 4.79 Å². The molecule has 0 bridgehead atoms. The first-order valence-corrected chi connectivity index (χ1v) is 8.40. The van der Waals surface area contributed by atoms with Crippen LogP contribution in [0.1, 0.15) is 70.3 Å². The minimum Gasteiger partial charge on any atom is -0.335 e. The Hall–Kier alpha value is -1.51. The van der Waals surface area contributed by atoms with Gasteiger partial charge in [0.15, 0.2) is 0 Å². The van der Waals surface area contributed by atoms with Crippen LogP contribution in [0.3, 0.4) is 0 Å². The maximum atomic E-state index is 11.9. The number of urea groups is 1. The first-order chi connectivity index (χ1) is 10.2. The van der Waals surface area contributed by atoms with Crippen LogP contribution in [0, 0.1) is 0 Å². The van der Waals surface area contributed by atoms with Crippen LogP contribution >= 0.6 is 0 Å². The summed E-state index contributed by atoms with van der Waals surface area (Å²) in [5.41, 5.74) is 2.29. The Balaban J connectivity index is 1.88. The quantitative estimate of drug-likeness (QED) is 0.782. The molecule has 1 fully saturated rings. The molecule has 1 aliphatic rings. The molecular weight excluding hydrogens is 260 g/mol. The smallest absolute Gasteiger partial charge is 0.319 e. The largest absolute Gasteiger partial charge is 0.335 e. The summed E-state index contributed by atoms with van der Waals surface area (Å²) in [4.78, 5) is 11.9. The van der Waals surface area contributed by atoms with E-state index in [1.54, 1.807) is 0 Å². The molecule has 0 unspecified atom stereocenters. The zero-order valence-electron chi connectivity index (χ0n) is 13.3. The summed E-state index contributed by atoms with van der Waals surface area (Å²) in [6, 6.07) is 8.54. The fourth-order valence-corrected chi connectivity index (χ4v) is 3.12. The summed E-state index contributed by atoms with van der Waals surface area (Å²) in [5.74, 6) is 0.714. The van der Waals surface area contributed by atoms with Crippen molar-refractivity contribution in [2.45, 2.75) is 70.8 Å². The third-order valence-corrected chi connectivity index (χ3v) is 4.57. The summed E-state index contributed by atoms with van der Waals surface area (Å²) in [7, 11) is 0. The van der Waals surface area contributed by atoms with Gasteiger partial charge in [0.05, 0.1) is 0 Å². The Bertz CT molecular complexity index is 431. The van der Waals surface area contributed by atoms with Crippen LogP contribution < -0.4 is 10.6 Å². The minimum atomic E-state index is -0.103. The molecule has 1 aliphatic carbocycles. The first kappa shape index (κ1) is 15.9. The molecule has 2 amide bonds. The second-order valence-electron chi connectivity index (χ2n) is 6.07. The van der Waals surface area contributed by atoms with Crippen LogP contribution in [0.4, 0.5) is 10.5 Å². The third kappa shape index (κ3) is 4.76. The van der Waals surface area contributed by atoms with E-state index in [1.165, 1.54) is 37.7 Å². The van der Waals surface area contributed by atoms with E-state index >= 15 is 0 Å². The lowest BCUT2D eigenvalue weighted by Crippen LogP contribution is -2.37. The minimum absolute atomic E-state index is 0.103. The standard InChI is InChI=1S/C18H28N2O/c1-3-16(4-2)19-18(21)20-17-12-10-15(11-13-17)14-8-6-5-7-9-14/h10-14,16H,3-9H2,1-2H3,(H2,19,20,21). The number of rotatable bonds is 5. The summed E-state index contributed by atoms with van der Waals surface area (Å²) >= 11 is 0. The monoisotopic (exact) mass is 288 g/mol. The van der Waals surface area contributed by atoms with Crippen molar-refractivity contribution in [3.8, 4) is 0 Å². The highest BCUT2D eigenvalue weighted by Gasteiger charge is 2.15. The fraction of sp³-hybridized carbons (Fsp3) is 0.611. The molecule has 0 radical (unpaired) electrons. The van der Waals surface area contributed by atoms with Gasteiger partial charge in [0.1, 0.15) is 0 Å². The van der Waals surface area contributed by atoms with Gasteiger partial charge >= 0.3 is 6.03 Å². The summed E-state index contributed by atoms with van der Waals surface area (Å²) in [5, 5.41) is 5.91. The molecule has 3 nitrogen and oxygen atoms in total. The molecule has 0 aliphatic heterocycles. The predicted octanol–water partition coefficient (Wildman–Crippen LogP) is 5.04. The van der Waals surface area contributed by atoms with Crippen molar-refractivity contribution in [1.29, 1.82) is 0 Å². The Morgan fingerprint density at radius 3 is 2.29 bits per heavy atom. The van der Waals surface area contributed by atoms with E-state index < -0.39 is 0 Å². The summed E-state index contributed by atoms with van der Waals surface area (Å²) in [6.45, 7) is 4.18. The van der Waals surface area contributed by atoms with E-state index in [-0.39, 0.29) is 12.1 Å². The highest BCUT2D eigenvalue weighted by molar-refractivity contribution is 5.89. The molecule has 0 atom stereocenters. The number of anilines is 1. The molecular formula is C18H28N2O. The van der Waals surface area contributed by atoms with Crippen molar-refractivity contribution in [2.24, 2.45) is 0 Å². The molecule has 1 aromatic carbocycles. The molecule has 0 aromatic heterocycles. The van der Waals surface area contributed by atoms with E-state index in [0.29, 0.717) is 5.92 Å². The molecule has 0 spiro atoms. The Kier molecular flexibility index (Phi) is 6.09. The van der Waals surface area contributed by atoms with E-state index in [4.69, 9.17) is 0 Å². The second-order valence-corrected chi connectivity index (χ2v) is 6.07. The van der Waals surface area contributed by atoms with Crippen molar-refractivity contribution in [1.82, 2.24) is 5.32 Å². The Morgan fingerprint density at radius 1 is 1.10 bits per heavy atom. The fourth-order valence-electron chi connectivity index (χ4n) is 3.12. The lowest BCUT2D eigenvalue weighted by molar-refractivity contribution is 0.247. The van der Waals surface area contributed by atoms with Crippen molar-refractivity contribution in [3.05, 3.63) is 29.8 Å². The van der Waals surface area contributed by atoms with Gasteiger partial charge < -0.3 is 10.6 Å². The average molecular weight is 288 g/mol. The molecule has 0 saturated heterocycles. The highest BCUT2D eigenvalue weighted by atomic mass is 16.2. The van der Waals surface area contributed by atoms with Gasteiger partial charge in [0.2, 0.25) is 0 Å². The zero-order chi connectivity index (χ0) is 15.1. The van der Waals surface area contributed by atoms with Crippen LogP contribution in [-0.4, -0.2) is 12.1 Å². The van der Waals surface area contributed by atoms with E-state index in [9.17, 15) is 4.79 Å². The van der Waals surface area contributed by atoms with Crippen LogP contribution in [0.2, 0.25) is 0 Å². The molecule has 21 heavy (non-hydrogen) atoms. The molecule has 1 aromatic rings. The predicted molar refractivity (Wildman–Crippen MR) is 88.8 cm³/mol. The summed E-state index contributed by atoms with van der Waals surface area (Å²) < 4.78 is 0. The maximum absolute atomic E-state index is 11.9. The molecule has 1 saturated carbocycles. The molecule has 2 N–H and O–H groups in total. The number of nitrogens with one attached hydrogen (secondary N) is 2. The number of amides is 2. The molecule has 3 heteroatoms. The van der Waals surface area contributed by atoms with Gasteiger partial charge in [-0.1, -0.05) is 45.2 Å². The van der Waals surface area contributed by atoms with E-state index in [1.807, 2.05) is 12.1 Å². The van der Waals surface area contributed by atoms with Gasteiger partial charge in [0.25, 0.3) is 0 Å². The van der Waals surface area contributed by atoms with Crippen LogP contribution in [0.25, 0.3) is 0 Å². The van der Waals surface area contributed by atoms with Gasteiger partial charge in [-0.15, -0.1) is 0 Å². The molecule has 116 valence electrons. The van der Waals surface area contributed by atoms with Crippen molar-refractivity contribution < 1.29 is 4.79 Å². The lowest BCUT2D eigenvalue weighted by atomic mass is 9.84. The SMILES string of the molecule is CCC(CC)NC(=O)Nc1ccc(C2CCCCC2)cc1. The Labute approximate surface area is 128 Å². The topological polar surface area (TPSA) is 41.1 Å². The van der Waals surface area contributed by atoms with Crippen molar-refractivity contribution >= 4 is 11.7 Å². The zero-order valence-corrected chi connectivity index (χ0v) is 13.3. The Morgan fingerprint density at radius 2 is 1.71 bits per heavy atom. The van der Waals surface area contributed by atoms with Gasteiger partial charge in [-0.05, 0) is 49.3 Å². The summed E-state index contributed by atoms with van der Waals surface area (Å²) in [6.07, 6.45) is 8.62. The lowest BCUT2D eigenvalue weighted by Gasteiger charge is -2.22. The van der Waals surface area contributed by atoms with Gasteiger partial charge in [-0.3, -0.25) is 0 Å². The third-order valence-electron chi connectivity index (χ3n) is 4.57. The number of benzene rings is 1. The number of carbonyl (C=O) groups is 1. The van der Waals surface area contributed by atoms with E-state index in [0.717, 1.165) is 18.5 Å². The van der Waals surface area contributed by atoms with Crippen molar-refractivity contribution in [2.75, 3.05) is 5.32 Å². The second kappa shape index (κ2) is 8.06. The van der Waals surface area contributed by atoms with Gasteiger partial charge in [-0.2, -0.15) is 0 Å². The first-order valence-electron chi connectivity index (χ1n) is 8.40. The van der Waals surface area contributed by atoms with Crippen LogP contribution in [0.5, 0.6) is 0 Å². The average Bonchev–Trinajstić information content (AvgIpc) is 2.54. The molecule has 0 heterocycles. The maximum Gasteiger partial charge on any atom is 0.319 e. The number of hydrogen-bond donors (Lipinski definition) is 2. The van der Waals surface area contributed by atoms with Crippen LogP contribution in [-0.2, 0) is 0 Å². The molecule has 2 rings (SSSR count). The van der Waals surface area contributed by atoms with Gasteiger partial charge in [0, 0.05) is 11.7 Å². The van der Waals surface area contributed by atoms with Crippen molar-refractivity contribution in [3.63, 3.8) is 0 Å². The van der Waals surface area contributed by atoms with E-state index in [2.05, 4.69) is 36.6 Å². The number of carbonyl (C=O) groups excluding carboxylic acids is 1. The normalized spacial score (nSPS) is 16.0.